The van der Waals surface area contributed by atoms with Crippen LogP contribution in [0.25, 0.3) is 0 Å². The van der Waals surface area contributed by atoms with E-state index in [1.54, 1.807) is 6.07 Å². The van der Waals surface area contributed by atoms with Crippen LogP contribution in [0.4, 0.5) is 0 Å². The summed E-state index contributed by atoms with van der Waals surface area (Å²) in [6.07, 6.45) is 0. The minimum absolute atomic E-state index is 0. The molecule has 1 aromatic rings. The molecule has 7 heteroatoms. The fourth-order valence-electron chi connectivity index (χ4n) is 0.808. The smallest absolute Gasteiger partial charge is 0.295 e. The summed E-state index contributed by atoms with van der Waals surface area (Å²) in [5.41, 5.74) is 0. The number of methoxy groups -OCH3 is 1. The predicted molar refractivity (Wildman–Crippen MR) is 57.8 cm³/mol. The summed E-state index contributed by atoms with van der Waals surface area (Å²) in [6.45, 7) is 0. The minimum atomic E-state index is -4.19. The van der Waals surface area contributed by atoms with Gasteiger partial charge in [0.25, 0.3) is 10.1 Å². The maximum absolute atomic E-state index is 10.8. The van der Waals surface area contributed by atoms with Crippen molar-refractivity contribution in [2.45, 2.75) is 4.90 Å². The Balaban J connectivity index is 0.00000169. The molecule has 0 saturated carbocycles. The van der Waals surface area contributed by atoms with Crippen molar-refractivity contribution in [3.05, 3.63) is 22.7 Å². The first-order chi connectivity index (χ1) is 5.95. The van der Waals surface area contributed by atoms with E-state index in [0.29, 0.717) is 10.2 Å². The third-order valence-electron chi connectivity index (χ3n) is 1.42. The zero-order chi connectivity index (χ0) is 10.1. The van der Waals surface area contributed by atoms with Gasteiger partial charge in [0.1, 0.15) is 10.6 Å². The molecule has 80 valence electrons. The van der Waals surface area contributed by atoms with Crippen molar-refractivity contribution in [1.82, 2.24) is 0 Å². The number of ether oxygens (including phenoxy) is 1. The van der Waals surface area contributed by atoms with Crippen LogP contribution in [0.1, 0.15) is 0 Å². The van der Waals surface area contributed by atoms with Crippen molar-refractivity contribution in [3.8, 4) is 5.75 Å². The van der Waals surface area contributed by atoms with Crippen LogP contribution in [0.2, 0.25) is 0 Å². The molecule has 0 bridgehead atoms. The molecule has 1 rings (SSSR count). The van der Waals surface area contributed by atoms with Gasteiger partial charge in [0, 0.05) is 10.5 Å². The fourth-order valence-corrected chi connectivity index (χ4v) is 2.25. The van der Waals surface area contributed by atoms with Gasteiger partial charge in [-0.2, -0.15) is 8.42 Å². The van der Waals surface area contributed by atoms with E-state index >= 15 is 0 Å². The molecule has 0 atom stereocenters. The van der Waals surface area contributed by atoms with Gasteiger partial charge in [-0.3, -0.25) is 4.55 Å². The van der Waals surface area contributed by atoms with Crippen LogP contribution < -0.4 is 4.74 Å². The summed E-state index contributed by atoms with van der Waals surface area (Å²) in [5, 5.41) is 0. The Morgan fingerprint density at radius 1 is 1.43 bits per heavy atom. The Hall–Kier alpha value is -0.300. The van der Waals surface area contributed by atoms with Crippen LogP contribution in [-0.2, 0) is 10.1 Å². The lowest BCUT2D eigenvalue weighted by Gasteiger charge is -2.03. The average molecular weight is 304 g/mol. The first-order valence-corrected chi connectivity index (χ1v) is 5.49. The molecule has 14 heavy (non-hydrogen) atoms. The second-order valence-electron chi connectivity index (χ2n) is 2.27. The van der Waals surface area contributed by atoms with E-state index in [2.05, 4.69) is 15.9 Å². The third-order valence-corrected chi connectivity index (χ3v) is 3.26. The molecule has 1 N–H and O–H groups in total. The summed E-state index contributed by atoms with van der Waals surface area (Å²) >= 11 is 3.00. The van der Waals surface area contributed by atoms with Gasteiger partial charge in [-0.05, 0) is 28.1 Å². The molecule has 0 aliphatic heterocycles. The van der Waals surface area contributed by atoms with Crippen molar-refractivity contribution in [2.75, 3.05) is 7.11 Å². The number of hydrogen-bond donors (Lipinski definition) is 1. The molecule has 0 unspecified atom stereocenters. The average Bonchev–Trinajstić information content (AvgIpc) is 2.03. The minimum Gasteiger partial charge on any atom is -0.497 e. The standard InChI is InChI=1S/C7H7BrO4S.ClH/c1-12-5-2-3-6(8)7(4-5)13(9,10)11;/h2-4H,1H3,(H,9,10,11);1H. The van der Waals surface area contributed by atoms with Crippen LogP contribution in [0.3, 0.4) is 0 Å². The fraction of sp³-hybridized carbons (Fsp3) is 0.143. The van der Waals surface area contributed by atoms with Crippen molar-refractivity contribution in [3.63, 3.8) is 0 Å². The molecular formula is C7H8BrClO4S. The molecule has 0 aliphatic rings. The topological polar surface area (TPSA) is 63.6 Å². The summed E-state index contributed by atoms with van der Waals surface area (Å²) in [7, 11) is -2.78. The SMILES string of the molecule is COc1ccc(Br)c(S(=O)(=O)O)c1.Cl. The second-order valence-corrected chi connectivity index (χ2v) is 4.52. The maximum atomic E-state index is 10.8. The Labute approximate surface area is 96.6 Å². The van der Waals surface area contributed by atoms with Gasteiger partial charge in [0.2, 0.25) is 0 Å². The molecule has 0 amide bonds. The van der Waals surface area contributed by atoms with Gasteiger partial charge >= 0.3 is 0 Å². The van der Waals surface area contributed by atoms with E-state index < -0.39 is 10.1 Å². The first kappa shape index (κ1) is 13.7. The molecule has 0 aromatic heterocycles. The largest absolute Gasteiger partial charge is 0.497 e. The zero-order valence-corrected chi connectivity index (χ0v) is 10.3. The molecule has 0 aliphatic carbocycles. The lowest BCUT2D eigenvalue weighted by Crippen LogP contribution is -1.99. The van der Waals surface area contributed by atoms with E-state index in [0.717, 1.165) is 0 Å². The van der Waals surface area contributed by atoms with Crippen LogP contribution in [-0.4, -0.2) is 20.1 Å². The Bertz CT molecular complexity index is 418. The van der Waals surface area contributed by atoms with Crippen LogP contribution in [0.15, 0.2) is 27.6 Å². The number of rotatable bonds is 2. The lowest BCUT2D eigenvalue weighted by atomic mass is 10.3. The molecule has 0 saturated heterocycles. The van der Waals surface area contributed by atoms with E-state index in [1.165, 1.54) is 19.2 Å². The molecule has 0 fully saturated rings. The summed E-state index contributed by atoms with van der Waals surface area (Å²) < 4.78 is 35.5. The van der Waals surface area contributed by atoms with Crippen molar-refractivity contribution < 1.29 is 17.7 Å². The molecule has 0 spiro atoms. The van der Waals surface area contributed by atoms with Gasteiger partial charge < -0.3 is 4.74 Å². The van der Waals surface area contributed by atoms with Crippen molar-refractivity contribution >= 4 is 38.5 Å². The third kappa shape index (κ3) is 3.13. The molecule has 0 heterocycles. The van der Waals surface area contributed by atoms with E-state index in [9.17, 15) is 8.42 Å². The van der Waals surface area contributed by atoms with Gasteiger partial charge in [-0.25, -0.2) is 0 Å². The summed E-state index contributed by atoms with van der Waals surface area (Å²) in [5.74, 6) is 0.371. The van der Waals surface area contributed by atoms with E-state index in [1.807, 2.05) is 0 Å². The van der Waals surface area contributed by atoms with Crippen molar-refractivity contribution in [2.24, 2.45) is 0 Å². The lowest BCUT2D eigenvalue weighted by molar-refractivity contribution is 0.412. The van der Waals surface area contributed by atoms with Crippen LogP contribution in [0, 0.1) is 0 Å². The highest BCUT2D eigenvalue weighted by molar-refractivity contribution is 9.10. The highest BCUT2D eigenvalue weighted by atomic mass is 79.9. The number of hydrogen-bond acceptors (Lipinski definition) is 3. The van der Waals surface area contributed by atoms with E-state index in [4.69, 9.17) is 9.29 Å². The summed E-state index contributed by atoms with van der Waals surface area (Å²) in [4.78, 5) is -0.202. The molecule has 1 aromatic carbocycles. The molecule has 4 nitrogen and oxygen atoms in total. The first-order valence-electron chi connectivity index (χ1n) is 3.26. The van der Waals surface area contributed by atoms with E-state index in [-0.39, 0.29) is 17.3 Å². The number of halogens is 2. The van der Waals surface area contributed by atoms with Crippen molar-refractivity contribution in [1.29, 1.82) is 0 Å². The number of benzene rings is 1. The highest BCUT2D eigenvalue weighted by Gasteiger charge is 2.14. The molecule has 0 radical (unpaired) electrons. The van der Waals surface area contributed by atoms with Gasteiger partial charge in [0.15, 0.2) is 0 Å². The second kappa shape index (κ2) is 4.97. The van der Waals surface area contributed by atoms with Gasteiger partial charge in [0.05, 0.1) is 7.11 Å². The highest BCUT2D eigenvalue weighted by Crippen LogP contribution is 2.25. The monoisotopic (exact) mass is 302 g/mol. The normalized spacial score (nSPS) is 10.5. The Morgan fingerprint density at radius 3 is 2.43 bits per heavy atom. The maximum Gasteiger partial charge on any atom is 0.295 e. The predicted octanol–water partition coefficient (Wildman–Crippen LogP) is 2.13. The zero-order valence-electron chi connectivity index (χ0n) is 7.10. The van der Waals surface area contributed by atoms with Gasteiger partial charge in [-0.15, -0.1) is 12.4 Å². The van der Waals surface area contributed by atoms with Gasteiger partial charge in [-0.1, -0.05) is 0 Å². The quantitative estimate of drug-likeness (QED) is 0.850. The molecular weight excluding hydrogens is 295 g/mol. The summed E-state index contributed by atoms with van der Waals surface area (Å²) in [6, 6.07) is 4.31. The van der Waals surface area contributed by atoms with Crippen LogP contribution >= 0.6 is 28.3 Å². The van der Waals surface area contributed by atoms with Crippen LogP contribution in [0.5, 0.6) is 5.75 Å². The Kier molecular flexibility index (Phi) is 4.87. The Morgan fingerprint density at radius 2 is 2.00 bits per heavy atom.